The summed E-state index contributed by atoms with van der Waals surface area (Å²) >= 11 is 3.36. The summed E-state index contributed by atoms with van der Waals surface area (Å²) in [5.74, 6) is 0.0553. The number of nitrogens with two attached hydrogens (primary N) is 1. The number of anilines is 1. The summed E-state index contributed by atoms with van der Waals surface area (Å²) in [4.78, 5) is 14.6. The van der Waals surface area contributed by atoms with E-state index in [1.54, 1.807) is 12.1 Å². The molecule has 0 radical (unpaired) electrons. The van der Waals surface area contributed by atoms with Gasteiger partial charge < -0.3 is 10.6 Å². The fraction of sp³-hybridized carbons (Fsp3) is 0.500. The highest BCUT2D eigenvalue weighted by molar-refractivity contribution is 9.10. The quantitative estimate of drug-likeness (QED) is 0.808. The summed E-state index contributed by atoms with van der Waals surface area (Å²) in [6.07, 6.45) is 3.35. The first-order valence-corrected chi connectivity index (χ1v) is 7.17. The van der Waals surface area contributed by atoms with Crippen LogP contribution in [0.5, 0.6) is 0 Å². The van der Waals surface area contributed by atoms with Crippen molar-refractivity contribution in [3.8, 4) is 0 Å². The predicted molar refractivity (Wildman–Crippen MR) is 77.5 cm³/mol. The molecule has 1 aromatic rings. The van der Waals surface area contributed by atoms with Crippen molar-refractivity contribution in [3.05, 3.63) is 28.2 Å². The third kappa shape index (κ3) is 2.53. The Bertz CT molecular complexity index is 451. The van der Waals surface area contributed by atoms with E-state index in [1.165, 1.54) is 6.42 Å². The maximum absolute atomic E-state index is 12.6. The molecular formula is C14H19BrN2O. The molecule has 0 bridgehead atoms. The second-order valence-electron chi connectivity index (χ2n) is 5.07. The van der Waals surface area contributed by atoms with Crippen LogP contribution >= 0.6 is 15.9 Å². The number of benzene rings is 1. The number of nitrogen functional groups attached to an aromatic ring is 1. The van der Waals surface area contributed by atoms with E-state index in [1.807, 2.05) is 11.0 Å². The number of amides is 1. The average Bonchev–Trinajstić information content (AvgIpc) is 2.28. The Balaban J connectivity index is 2.29. The molecule has 2 N–H and O–H groups in total. The van der Waals surface area contributed by atoms with Gasteiger partial charge in [0, 0.05) is 22.2 Å². The molecule has 0 aliphatic carbocycles. The van der Waals surface area contributed by atoms with Gasteiger partial charge in [-0.25, -0.2) is 0 Å². The predicted octanol–water partition coefficient (Wildman–Crippen LogP) is 3.43. The minimum Gasteiger partial charge on any atom is -0.398 e. The summed E-state index contributed by atoms with van der Waals surface area (Å²) in [5.41, 5.74) is 7.09. The smallest absolute Gasteiger partial charge is 0.256 e. The van der Waals surface area contributed by atoms with Gasteiger partial charge in [-0.2, -0.15) is 0 Å². The highest BCUT2D eigenvalue weighted by atomic mass is 79.9. The second kappa shape index (κ2) is 5.31. The molecule has 1 aliphatic rings. The molecule has 2 rings (SSSR count). The third-order valence-electron chi connectivity index (χ3n) is 3.67. The van der Waals surface area contributed by atoms with E-state index < -0.39 is 0 Å². The maximum Gasteiger partial charge on any atom is 0.256 e. The van der Waals surface area contributed by atoms with Gasteiger partial charge in [0.2, 0.25) is 0 Å². The fourth-order valence-electron chi connectivity index (χ4n) is 2.69. The number of hydrogen-bond acceptors (Lipinski definition) is 2. The molecule has 1 heterocycles. The lowest BCUT2D eigenvalue weighted by Crippen LogP contribution is -2.47. The van der Waals surface area contributed by atoms with Crippen molar-refractivity contribution in [1.29, 1.82) is 0 Å². The normalized spacial score (nSPS) is 24.1. The topological polar surface area (TPSA) is 46.3 Å². The first kappa shape index (κ1) is 13.4. The molecule has 1 aromatic carbocycles. The molecule has 0 spiro atoms. The lowest BCUT2D eigenvalue weighted by molar-refractivity contribution is 0.0512. The van der Waals surface area contributed by atoms with Crippen LogP contribution in [0.4, 0.5) is 5.69 Å². The Morgan fingerprint density at radius 1 is 1.33 bits per heavy atom. The molecule has 1 amide bonds. The number of piperidine rings is 1. The second-order valence-corrected chi connectivity index (χ2v) is 5.99. The Kier molecular flexibility index (Phi) is 3.95. The first-order valence-electron chi connectivity index (χ1n) is 6.38. The number of hydrogen-bond donors (Lipinski definition) is 1. The lowest BCUT2D eigenvalue weighted by Gasteiger charge is -2.39. The lowest BCUT2D eigenvalue weighted by atomic mass is 9.96. The van der Waals surface area contributed by atoms with E-state index in [2.05, 4.69) is 29.8 Å². The zero-order valence-electron chi connectivity index (χ0n) is 10.8. The largest absolute Gasteiger partial charge is 0.398 e. The molecule has 98 valence electrons. The Morgan fingerprint density at radius 3 is 2.50 bits per heavy atom. The zero-order valence-corrected chi connectivity index (χ0v) is 12.4. The summed E-state index contributed by atoms with van der Waals surface area (Å²) < 4.78 is 0.899. The van der Waals surface area contributed by atoms with Gasteiger partial charge in [-0.05, 0) is 51.3 Å². The van der Waals surface area contributed by atoms with Crippen molar-refractivity contribution in [2.75, 3.05) is 5.73 Å². The van der Waals surface area contributed by atoms with Crippen LogP contribution < -0.4 is 5.73 Å². The highest BCUT2D eigenvalue weighted by Gasteiger charge is 2.30. The fourth-order valence-corrected chi connectivity index (χ4v) is 3.07. The number of carbonyl (C=O) groups is 1. The van der Waals surface area contributed by atoms with E-state index in [-0.39, 0.29) is 5.91 Å². The van der Waals surface area contributed by atoms with Gasteiger partial charge in [-0.15, -0.1) is 0 Å². The zero-order chi connectivity index (χ0) is 13.3. The molecule has 1 aliphatic heterocycles. The minimum atomic E-state index is 0.0553. The number of likely N-dealkylation sites (tertiary alicyclic amines) is 1. The van der Waals surface area contributed by atoms with Crippen LogP contribution in [0.1, 0.15) is 43.5 Å². The van der Waals surface area contributed by atoms with E-state index >= 15 is 0 Å². The molecule has 18 heavy (non-hydrogen) atoms. The SMILES string of the molecule is C[C@@H]1CCC[C@H](C)N1C(=O)c1ccc(Br)cc1N. The van der Waals surface area contributed by atoms with Crippen molar-refractivity contribution in [2.45, 2.75) is 45.2 Å². The van der Waals surface area contributed by atoms with Crippen LogP contribution in [0.15, 0.2) is 22.7 Å². The van der Waals surface area contributed by atoms with Gasteiger partial charge in [0.15, 0.2) is 0 Å². The number of carbonyl (C=O) groups excluding carboxylic acids is 1. The van der Waals surface area contributed by atoms with Crippen molar-refractivity contribution in [1.82, 2.24) is 4.90 Å². The van der Waals surface area contributed by atoms with Crippen molar-refractivity contribution < 1.29 is 4.79 Å². The summed E-state index contributed by atoms with van der Waals surface area (Å²) in [5, 5.41) is 0. The van der Waals surface area contributed by atoms with Crippen LogP contribution in [0.2, 0.25) is 0 Å². The number of halogens is 1. The third-order valence-corrected chi connectivity index (χ3v) is 4.17. The Morgan fingerprint density at radius 2 is 1.94 bits per heavy atom. The Hall–Kier alpha value is -1.03. The molecular weight excluding hydrogens is 292 g/mol. The maximum atomic E-state index is 12.6. The van der Waals surface area contributed by atoms with E-state index in [0.29, 0.717) is 23.3 Å². The molecule has 0 aromatic heterocycles. The molecule has 0 saturated carbocycles. The average molecular weight is 311 g/mol. The van der Waals surface area contributed by atoms with E-state index in [0.717, 1.165) is 17.3 Å². The first-order chi connectivity index (χ1) is 8.50. The monoisotopic (exact) mass is 310 g/mol. The van der Waals surface area contributed by atoms with Crippen LogP contribution in [0, 0.1) is 0 Å². The standard InChI is InChI=1S/C14H19BrN2O/c1-9-4-3-5-10(2)17(9)14(18)12-7-6-11(15)8-13(12)16/h6-10H,3-5,16H2,1-2H3/t9-,10+. The van der Waals surface area contributed by atoms with Crippen molar-refractivity contribution in [3.63, 3.8) is 0 Å². The molecule has 1 fully saturated rings. The molecule has 4 heteroatoms. The molecule has 2 atom stereocenters. The van der Waals surface area contributed by atoms with E-state index in [4.69, 9.17) is 5.73 Å². The Labute approximate surface area is 116 Å². The molecule has 3 nitrogen and oxygen atoms in total. The van der Waals surface area contributed by atoms with Crippen LogP contribution in [0.3, 0.4) is 0 Å². The molecule has 0 unspecified atom stereocenters. The summed E-state index contributed by atoms with van der Waals surface area (Å²) in [6, 6.07) is 6.04. The van der Waals surface area contributed by atoms with Gasteiger partial charge in [-0.1, -0.05) is 15.9 Å². The van der Waals surface area contributed by atoms with Gasteiger partial charge in [-0.3, -0.25) is 4.79 Å². The van der Waals surface area contributed by atoms with Crippen LogP contribution in [0.25, 0.3) is 0 Å². The van der Waals surface area contributed by atoms with E-state index in [9.17, 15) is 4.79 Å². The number of rotatable bonds is 1. The van der Waals surface area contributed by atoms with Gasteiger partial charge >= 0.3 is 0 Å². The minimum absolute atomic E-state index is 0.0553. The van der Waals surface area contributed by atoms with Crippen molar-refractivity contribution >= 4 is 27.5 Å². The highest BCUT2D eigenvalue weighted by Crippen LogP contribution is 2.27. The summed E-state index contributed by atoms with van der Waals surface area (Å²) in [7, 11) is 0. The summed E-state index contributed by atoms with van der Waals surface area (Å²) in [6.45, 7) is 4.23. The number of nitrogens with zero attached hydrogens (tertiary/aromatic N) is 1. The molecule has 1 saturated heterocycles. The van der Waals surface area contributed by atoms with Gasteiger partial charge in [0.1, 0.15) is 0 Å². The van der Waals surface area contributed by atoms with Crippen molar-refractivity contribution in [2.24, 2.45) is 0 Å². The van der Waals surface area contributed by atoms with Gasteiger partial charge in [0.05, 0.1) is 5.56 Å². The van der Waals surface area contributed by atoms with Crippen LogP contribution in [-0.4, -0.2) is 22.9 Å². The van der Waals surface area contributed by atoms with Crippen LogP contribution in [-0.2, 0) is 0 Å². The van der Waals surface area contributed by atoms with Gasteiger partial charge in [0.25, 0.3) is 5.91 Å².